The smallest absolute Gasteiger partial charge is 0.313 e. The molecule has 2 aromatic rings. The number of anilines is 1. The summed E-state index contributed by atoms with van der Waals surface area (Å²) in [6.07, 6.45) is 0.420. The zero-order chi connectivity index (χ0) is 17.8. The van der Waals surface area contributed by atoms with Crippen LogP contribution in [-0.2, 0) is 20.7 Å². The molecule has 1 aliphatic rings. The number of hydrogen-bond acceptors (Lipinski definition) is 4. The maximum Gasteiger partial charge on any atom is 0.313 e. The van der Waals surface area contributed by atoms with Gasteiger partial charge in [0.1, 0.15) is 18.2 Å². The lowest BCUT2D eigenvalue weighted by atomic mass is 9.97. The Balaban J connectivity index is 1.53. The Morgan fingerprint density at radius 3 is 2.88 bits per heavy atom. The van der Waals surface area contributed by atoms with Gasteiger partial charge in [0.05, 0.1) is 11.6 Å². The Labute approximate surface area is 148 Å². The molecule has 130 valence electrons. The van der Waals surface area contributed by atoms with Gasteiger partial charge >= 0.3 is 5.97 Å². The molecule has 1 N–H and O–H groups in total. The number of para-hydroxylation sites is 1. The number of hydrogen-bond donors (Lipinski definition) is 1. The van der Waals surface area contributed by atoms with E-state index in [2.05, 4.69) is 5.32 Å². The molecule has 0 saturated heterocycles. The van der Waals surface area contributed by atoms with Gasteiger partial charge in [0.15, 0.2) is 6.61 Å². The van der Waals surface area contributed by atoms with Gasteiger partial charge in [-0.25, -0.2) is 4.39 Å². The number of benzene rings is 2. The molecule has 1 heterocycles. The maximum absolute atomic E-state index is 13.5. The van der Waals surface area contributed by atoms with E-state index < -0.39 is 30.2 Å². The molecule has 2 aromatic carbocycles. The van der Waals surface area contributed by atoms with E-state index in [9.17, 15) is 14.0 Å². The van der Waals surface area contributed by atoms with Crippen LogP contribution in [0.25, 0.3) is 0 Å². The van der Waals surface area contributed by atoms with Gasteiger partial charge in [-0.05, 0) is 42.3 Å². The molecule has 0 radical (unpaired) electrons. The van der Waals surface area contributed by atoms with Crippen molar-refractivity contribution in [3.8, 4) is 5.75 Å². The van der Waals surface area contributed by atoms with Crippen LogP contribution in [0.2, 0.25) is 5.02 Å². The molecule has 0 aromatic heterocycles. The van der Waals surface area contributed by atoms with Crippen molar-refractivity contribution in [1.29, 1.82) is 0 Å². The Hall–Kier alpha value is -2.60. The van der Waals surface area contributed by atoms with Crippen LogP contribution in [0.4, 0.5) is 10.1 Å². The lowest BCUT2D eigenvalue weighted by Crippen LogP contribution is -2.32. The highest BCUT2D eigenvalue weighted by Crippen LogP contribution is 2.30. The summed E-state index contributed by atoms with van der Waals surface area (Å²) in [4.78, 5) is 23.9. The van der Waals surface area contributed by atoms with E-state index in [-0.39, 0.29) is 12.3 Å². The highest BCUT2D eigenvalue weighted by molar-refractivity contribution is 6.30. The Morgan fingerprint density at radius 1 is 1.28 bits per heavy atom. The SMILES string of the molecule is O=C(COC(=O)[C@H]1COc2ccc(Cl)cc2C1)Nc1ccccc1F. The minimum Gasteiger partial charge on any atom is -0.492 e. The van der Waals surface area contributed by atoms with Crippen molar-refractivity contribution in [2.45, 2.75) is 6.42 Å². The van der Waals surface area contributed by atoms with Gasteiger partial charge in [0.2, 0.25) is 0 Å². The minimum atomic E-state index is -0.612. The van der Waals surface area contributed by atoms with Crippen molar-refractivity contribution in [2.75, 3.05) is 18.5 Å². The van der Waals surface area contributed by atoms with Crippen molar-refractivity contribution < 1.29 is 23.5 Å². The van der Waals surface area contributed by atoms with Crippen molar-refractivity contribution >= 4 is 29.2 Å². The zero-order valence-corrected chi connectivity index (χ0v) is 13.9. The number of carbonyl (C=O) groups is 2. The topological polar surface area (TPSA) is 64.6 Å². The first-order chi connectivity index (χ1) is 12.0. The number of rotatable bonds is 4. The lowest BCUT2D eigenvalue weighted by Gasteiger charge is -2.24. The van der Waals surface area contributed by atoms with E-state index in [1.165, 1.54) is 18.2 Å². The fraction of sp³-hybridized carbons (Fsp3) is 0.222. The van der Waals surface area contributed by atoms with Gasteiger partial charge in [0, 0.05) is 5.02 Å². The summed E-state index contributed by atoms with van der Waals surface area (Å²) < 4.78 is 24.0. The highest BCUT2D eigenvalue weighted by atomic mass is 35.5. The summed E-state index contributed by atoms with van der Waals surface area (Å²) in [7, 11) is 0. The molecule has 7 heteroatoms. The number of ether oxygens (including phenoxy) is 2. The van der Waals surface area contributed by atoms with Gasteiger partial charge < -0.3 is 14.8 Å². The third-order valence-electron chi connectivity index (χ3n) is 3.76. The molecule has 0 spiro atoms. The molecule has 0 saturated carbocycles. The summed E-state index contributed by atoms with van der Waals surface area (Å²) in [5, 5.41) is 2.91. The number of halogens is 2. The van der Waals surface area contributed by atoms with Crippen molar-refractivity contribution in [3.63, 3.8) is 0 Å². The second-order valence-corrected chi connectivity index (χ2v) is 6.04. The quantitative estimate of drug-likeness (QED) is 0.847. The van der Waals surface area contributed by atoms with Crippen LogP contribution in [0.3, 0.4) is 0 Å². The van der Waals surface area contributed by atoms with Crippen molar-refractivity contribution in [2.24, 2.45) is 5.92 Å². The average Bonchev–Trinajstić information content (AvgIpc) is 2.61. The standard InChI is InChI=1S/C18H15ClFNO4/c19-13-5-6-16-11(8-13)7-12(9-24-16)18(23)25-10-17(22)21-15-4-2-1-3-14(15)20/h1-6,8,12H,7,9-10H2,(H,21,22)/t12-/m1/s1. The molecular formula is C18H15ClFNO4. The van der Waals surface area contributed by atoms with E-state index in [4.69, 9.17) is 21.1 Å². The fourth-order valence-electron chi connectivity index (χ4n) is 2.52. The van der Waals surface area contributed by atoms with E-state index >= 15 is 0 Å². The van der Waals surface area contributed by atoms with Crippen LogP contribution < -0.4 is 10.1 Å². The molecule has 25 heavy (non-hydrogen) atoms. The van der Waals surface area contributed by atoms with E-state index in [0.717, 1.165) is 5.56 Å². The predicted octanol–water partition coefficient (Wildman–Crippen LogP) is 3.21. The van der Waals surface area contributed by atoms with Gasteiger partial charge in [0.25, 0.3) is 5.91 Å². The molecule has 0 fully saturated rings. The number of esters is 1. The molecule has 3 rings (SSSR count). The summed E-state index contributed by atoms with van der Waals surface area (Å²) in [5.41, 5.74) is 0.852. The lowest BCUT2D eigenvalue weighted by molar-refractivity contribution is -0.152. The molecule has 1 atom stereocenters. The molecule has 0 unspecified atom stereocenters. The number of carbonyl (C=O) groups excluding carboxylic acids is 2. The minimum absolute atomic E-state index is 0.0353. The third-order valence-corrected chi connectivity index (χ3v) is 3.99. The molecule has 5 nitrogen and oxygen atoms in total. The highest BCUT2D eigenvalue weighted by Gasteiger charge is 2.28. The first kappa shape index (κ1) is 17.2. The molecule has 0 aliphatic carbocycles. The Kier molecular flexibility index (Phi) is 5.19. The zero-order valence-electron chi connectivity index (χ0n) is 13.1. The van der Waals surface area contributed by atoms with E-state index in [1.54, 1.807) is 24.3 Å². The first-order valence-corrected chi connectivity index (χ1v) is 8.03. The van der Waals surface area contributed by atoms with Gasteiger partial charge in [-0.2, -0.15) is 0 Å². The fourth-order valence-corrected chi connectivity index (χ4v) is 2.71. The van der Waals surface area contributed by atoms with E-state index in [0.29, 0.717) is 17.2 Å². The molecule has 1 aliphatic heterocycles. The summed E-state index contributed by atoms with van der Waals surface area (Å²) in [6.45, 7) is -0.325. The number of amides is 1. The summed E-state index contributed by atoms with van der Waals surface area (Å²) >= 11 is 5.94. The third kappa shape index (κ3) is 4.28. The van der Waals surface area contributed by atoms with Crippen LogP contribution in [0.15, 0.2) is 42.5 Å². The largest absolute Gasteiger partial charge is 0.492 e. The Morgan fingerprint density at radius 2 is 2.08 bits per heavy atom. The monoisotopic (exact) mass is 363 g/mol. The van der Waals surface area contributed by atoms with Gasteiger partial charge in [-0.1, -0.05) is 23.7 Å². The number of nitrogens with one attached hydrogen (secondary N) is 1. The Bertz CT molecular complexity index is 811. The first-order valence-electron chi connectivity index (χ1n) is 7.65. The molecular weight excluding hydrogens is 349 g/mol. The summed E-state index contributed by atoms with van der Waals surface area (Å²) in [6, 6.07) is 11.0. The van der Waals surface area contributed by atoms with Crippen LogP contribution in [0, 0.1) is 11.7 Å². The number of fused-ring (bicyclic) bond motifs is 1. The second-order valence-electron chi connectivity index (χ2n) is 5.60. The second kappa shape index (κ2) is 7.53. The maximum atomic E-state index is 13.5. The van der Waals surface area contributed by atoms with Gasteiger partial charge in [-0.3, -0.25) is 9.59 Å². The van der Waals surface area contributed by atoms with Crippen LogP contribution in [-0.4, -0.2) is 25.1 Å². The summed E-state index contributed by atoms with van der Waals surface area (Å²) in [5.74, 6) is -1.55. The van der Waals surface area contributed by atoms with Crippen molar-refractivity contribution in [3.05, 3.63) is 58.9 Å². The van der Waals surface area contributed by atoms with Crippen LogP contribution >= 0.6 is 11.6 Å². The predicted molar refractivity (Wildman–Crippen MR) is 90.1 cm³/mol. The average molecular weight is 364 g/mol. The van der Waals surface area contributed by atoms with Gasteiger partial charge in [-0.15, -0.1) is 0 Å². The van der Waals surface area contributed by atoms with Crippen LogP contribution in [0.1, 0.15) is 5.56 Å². The van der Waals surface area contributed by atoms with Crippen molar-refractivity contribution in [1.82, 2.24) is 0 Å². The van der Waals surface area contributed by atoms with E-state index in [1.807, 2.05) is 0 Å². The van der Waals surface area contributed by atoms with Crippen LogP contribution in [0.5, 0.6) is 5.75 Å². The molecule has 1 amide bonds. The molecule has 0 bridgehead atoms. The normalized spacial score (nSPS) is 15.7.